The standard InChI is InChI=1S/C13H13BrF2N2S/c1-6(2)12-11(19-13(17)18-12)5-8-9(14)3-7(15)4-10(8)16/h3-4,6H,5H2,1-2H3,(H2,17,18). The van der Waals surface area contributed by atoms with E-state index in [1.165, 1.54) is 17.4 Å². The van der Waals surface area contributed by atoms with Gasteiger partial charge in [-0.1, -0.05) is 29.8 Å². The van der Waals surface area contributed by atoms with E-state index in [0.29, 0.717) is 21.6 Å². The maximum atomic E-state index is 13.8. The van der Waals surface area contributed by atoms with Crippen molar-refractivity contribution in [3.63, 3.8) is 0 Å². The monoisotopic (exact) mass is 346 g/mol. The molecule has 0 aliphatic rings. The van der Waals surface area contributed by atoms with Crippen LogP contribution in [0.2, 0.25) is 0 Å². The maximum Gasteiger partial charge on any atom is 0.180 e. The number of nitrogens with two attached hydrogens (primary N) is 1. The van der Waals surface area contributed by atoms with Crippen LogP contribution in [0.3, 0.4) is 0 Å². The van der Waals surface area contributed by atoms with Crippen molar-refractivity contribution in [2.24, 2.45) is 0 Å². The van der Waals surface area contributed by atoms with Crippen molar-refractivity contribution in [1.29, 1.82) is 0 Å². The maximum absolute atomic E-state index is 13.8. The first-order valence-electron chi connectivity index (χ1n) is 5.77. The van der Waals surface area contributed by atoms with Gasteiger partial charge in [0.15, 0.2) is 5.13 Å². The molecular weight excluding hydrogens is 334 g/mol. The molecule has 2 rings (SSSR count). The molecule has 102 valence electrons. The van der Waals surface area contributed by atoms with E-state index in [0.717, 1.165) is 16.6 Å². The molecule has 2 N–H and O–H groups in total. The Labute approximate surface area is 122 Å². The van der Waals surface area contributed by atoms with Crippen LogP contribution in [0.15, 0.2) is 16.6 Å². The van der Waals surface area contributed by atoms with E-state index in [9.17, 15) is 8.78 Å². The lowest BCUT2D eigenvalue weighted by molar-refractivity contribution is 0.572. The molecule has 0 unspecified atom stereocenters. The van der Waals surface area contributed by atoms with E-state index in [2.05, 4.69) is 20.9 Å². The molecule has 2 nitrogen and oxygen atoms in total. The van der Waals surface area contributed by atoms with Crippen LogP contribution in [0, 0.1) is 11.6 Å². The highest BCUT2D eigenvalue weighted by atomic mass is 79.9. The van der Waals surface area contributed by atoms with Gasteiger partial charge in [0.25, 0.3) is 0 Å². The fraction of sp³-hybridized carbons (Fsp3) is 0.308. The molecule has 1 heterocycles. The largest absolute Gasteiger partial charge is 0.375 e. The second-order valence-corrected chi connectivity index (χ2v) is 6.51. The number of rotatable bonds is 3. The molecule has 6 heteroatoms. The molecule has 1 aromatic carbocycles. The average Bonchev–Trinajstić information content (AvgIpc) is 2.65. The Morgan fingerprint density at radius 3 is 2.63 bits per heavy atom. The Bertz CT molecular complexity index is 588. The first-order valence-corrected chi connectivity index (χ1v) is 7.38. The molecule has 0 bridgehead atoms. The van der Waals surface area contributed by atoms with Gasteiger partial charge in [-0.05, 0) is 12.0 Å². The van der Waals surface area contributed by atoms with Crippen LogP contribution >= 0.6 is 27.3 Å². The van der Waals surface area contributed by atoms with Crippen LogP contribution in [-0.4, -0.2) is 4.98 Å². The van der Waals surface area contributed by atoms with Crippen molar-refractivity contribution in [3.8, 4) is 0 Å². The summed E-state index contributed by atoms with van der Waals surface area (Å²) in [5.41, 5.74) is 7.01. The number of anilines is 1. The van der Waals surface area contributed by atoms with Crippen molar-refractivity contribution < 1.29 is 8.78 Å². The summed E-state index contributed by atoms with van der Waals surface area (Å²) in [5.74, 6) is -0.944. The predicted molar refractivity (Wildman–Crippen MR) is 77.5 cm³/mol. The van der Waals surface area contributed by atoms with E-state index in [1.807, 2.05) is 13.8 Å². The lowest BCUT2D eigenvalue weighted by Crippen LogP contribution is -1.99. The van der Waals surface area contributed by atoms with Gasteiger partial charge in [0.2, 0.25) is 0 Å². The molecule has 0 aliphatic carbocycles. The third-order valence-corrected chi connectivity index (χ3v) is 4.34. The topological polar surface area (TPSA) is 38.9 Å². The first kappa shape index (κ1) is 14.4. The molecule has 19 heavy (non-hydrogen) atoms. The van der Waals surface area contributed by atoms with Crippen molar-refractivity contribution in [3.05, 3.63) is 44.4 Å². The van der Waals surface area contributed by atoms with Crippen LogP contribution in [-0.2, 0) is 6.42 Å². The predicted octanol–water partition coefficient (Wildman–Crippen LogP) is 4.48. The zero-order chi connectivity index (χ0) is 14.2. The molecule has 1 aromatic heterocycles. The molecule has 0 aliphatic heterocycles. The molecule has 0 saturated heterocycles. The van der Waals surface area contributed by atoms with E-state index >= 15 is 0 Å². The third kappa shape index (κ3) is 3.12. The van der Waals surface area contributed by atoms with Crippen molar-refractivity contribution in [2.75, 3.05) is 5.73 Å². The van der Waals surface area contributed by atoms with Gasteiger partial charge in [-0.15, -0.1) is 11.3 Å². The summed E-state index contributed by atoms with van der Waals surface area (Å²) < 4.78 is 27.3. The Kier molecular flexibility index (Phi) is 4.20. The summed E-state index contributed by atoms with van der Waals surface area (Å²) >= 11 is 4.54. The Balaban J connectivity index is 2.42. The number of nitrogen functional groups attached to an aromatic ring is 1. The van der Waals surface area contributed by atoms with Gasteiger partial charge in [0.05, 0.1) is 5.69 Å². The van der Waals surface area contributed by atoms with Crippen LogP contribution in [0.4, 0.5) is 13.9 Å². The number of hydrogen-bond acceptors (Lipinski definition) is 3. The highest BCUT2D eigenvalue weighted by molar-refractivity contribution is 9.10. The van der Waals surface area contributed by atoms with Crippen molar-refractivity contribution >= 4 is 32.4 Å². The van der Waals surface area contributed by atoms with E-state index in [4.69, 9.17) is 5.73 Å². The van der Waals surface area contributed by atoms with Gasteiger partial charge in [-0.3, -0.25) is 0 Å². The first-order chi connectivity index (χ1) is 8.88. The van der Waals surface area contributed by atoms with Crippen molar-refractivity contribution in [2.45, 2.75) is 26.2 Å². The number of thiazole rings is 1. The minimum Gasteiger partial charge on any atom is -0.375 e. The van der Waals surface area contributed by atoms with Gasteiger partial charge in [0, 0.05) is 27.4 Å². The van der Waals surface area contributed by atoms with E-state index in [1.54, 1.807) is 0 Å². The molecule has 0 atom stereocenters. The Hall–Kier alpha value is -1.01. The summed E-state index contributed by atoms with van der Waals surface area (Å²) in [5, 5.41) is 0.470. The fourth-order valence-electron chi connectivity index (χ4n) is 1.86. The minimum absolute atomic E-state index is 0.214. The second-order valence-electron chi connectivity index (χ2n) is 4.54. The highest BCUT2D eigenvalue weighted by Gasteiger charge is 2.17. The van der Waals surface area contributed by atoms with Gasteiger partial charge in [-0.2, -0.15) is 0 Å². The fourth-order valence-corrected chi connectivity index (χ4v) is 3.41. The zero-order valence-electron chi connectivity index (χ0n) is 10.5. The average molecular weight is 347 g/mol. The summed E-state index contributed by atoms with van der Waals surface area (Å²) in [4.78, 5) is 5.18. The summed E-state index contributed by atoms with van der Waals surface area (Å²) in [6.07, 6.45) is 0.356. The van der Waals surface area contributed by atoms with Gasteiger partial charge in [-0.25, -0.2) is 13.8 Å². The number of nitrogens with zero attached hydrogens (tertiary/aromatic N) is 1. The number of halogens is 3. The van der Waals surface area contributed by atoms with Crippen molar-refractivity contribution in [1.82, 2.24) is 4.98 Å². The highest BCUT2D eigenvalue weighted by Crippen LogP contribution is 2.32. The molecule has 0 spiro atoms. The number of hydrogen-bond donors (Lipinski definition) is 1. The molecular formula is C13H13BrF2N2S. The van der Waals surface area contributed by atoms with E-state index < -0.39 is 11.6 Å². The molecule has 0 saturated carbocycles. The smallest absolute Gasteiger partial charge is 0.180 e. The van der Waals surface area contributed by atoms with Gasteiger partial charge >= 0.3 is 0 Å². The normalized spacial score (nSPS) is 11.3. The minimum atomic E-state index is -0.596. The van der Waals surface area contributed by atoms with Crippen LogP contribution in [0.5, 0.6) is 0 Å². The Morgan fingerprint density at radius 2 is 2.05 bits per heavy atom. The molecule has 2 aromatic rings. The summed E-state index contributed by atoms with van der Waals surface area (Å²) in [6.45, 7) is 4.02. The summed E-state index contributed by atoms with van der Waals surface area (Å²) in [7, 11) is 0. The van der Waals surface area contributed by atoms with Gasteiger partial charge < -0.3 is 5.73 Å². The van der Waals surface area contributed by atoms with Crippen LogP contribution in [0.25, 0.3) is 0 Å². The second kappa shape index (κ2) is 5.54. The molecule has 0 amide bonds. The van der Waals surface area contributed by atoms with Crippen LogP contribution in [0.1, 0.15) is 35.9 Å². The SMILES string of the molecule is CC(C)c1nc(N)sc1Cc1c(F)cc(F)cc1Br. The lowest BCUT2D eigenvalue weighted by Gasteiger charge is -2.08. The quantitative estimate of drug-likeness (QED) is 0.889. The van der Waals surface area contributed by atoms with E-state index in [-0.39, 0.29) is 5.92 Å². The van der Waals surface area contributed by atoms with Crippen LogP contribution < -0.4 is 5.73 Å². The number of aromatic nitrogens is 1. The molecule has 0 radical (unpaired) electrons. The third-order valence-electron chi connectivity index (χ3n) is 2.73. The summed E-state index contributed by atoms with van der Waals surface area (Å²) in [6, 6.07) is 2.15. The van der Waals surface area contributed by atoms with Gasteiger partial charge in [0.1, 0.15) is 11.6 Å². The zero-order valence-corrected chi connectivity index (χ0v) is 12.9. The molecule has 0 fully saturated rings. The number of benzene rings is 1. The lowest BCUT2D eigenvalue weighted by atomic mass is 10.0. The Morgan fingerprint density at radius 1 is 1.37 bits per heavy atom.